The van der Waals surface area contributed by atoms with Gasteiger partial charge in [-0.3, -0.25) is 14.3 Å². The summed E-state index contributed by atoms with van der Waals surface area (Å²) < 4.78 is 41.9. The van der Waals surface area contributed by atoms with Crippen molar-refractivity contribution in [2.45, 2.75) is 44.3 Å². The summed E-state index contributed by atoms with van der Waals surface area (Å²) in [6, 6.07) is 11.9. The van der Waals surface area contributed by atoms with Gasteiger partial charge < -0.3 is 28.4 Å². The van der Waals surface area contributed by atoms with Crippen LogP contribution in [0, 0.1) is 10.8 Å². The van der Waals surface area contributed by atoms with Crippen molar-refractivity contribution in [1.82, 2.24) is 0 Å². The predicted molar refractivity (Wildman–Crippen MR) is 159 cm³/mol. The van der Waals surface area contributed by atoms with Gasteiger partial charge in [-0.25, -0.2) is 4.79 Å². The number of esters is 3. The van der Waals surface area contributed by atoms with Crippen LogP contribution in [0.15, 0.2) is 59.1 Å². The Labute approximate surface area is 273 Å². The minimum absolute atomic E-state index is 0.0497. The number of ether oxygens (including phenoxy) is 7. The monoisotopic (exact) mass is 688 g/mol. The van der Waals surface area contributed by atoms with Crippen LogP contribution in [0.25, 0.3) is 0 Å². The fraction of sp³-hybridized carbons (Fsp3) is 0.433. The Morgan fingerprint density at radius 1 is 0.659 bits per heavy atom. The average molecular weight is 690 g/mol. The van der Waals surface area contributed by atoms with Crippen LogP contribution in [-0.2, 0) is 38.1 Å². The fourth-order valence-corrected chi connectivity index (χ4v) is 7.72. The number of hydrogen-bond donors (Lipinski definition) is 0. The van der Waals surface area contributed by atoms with Crippen LogP contribution in [0.4, 0.5) is 0 Å². The van der Waals surface area contributed by atoms with Gasteiger partial charge in [0, 0.05) is 16.7 Å². The number of carbonyl (C=O) groups is 3. The van der Waals surface area contributed by atoms with Crippen molar-refractivity contribution in [3.05, 3.63) is 69.2 Å². The van der Waals surface area contributed by atoms with E-state index in [0.717, 1.165) is 0 Å². The minimum atomic E-state index is -2.62. The van der Waals surface area contributed by atoms with E-state index in [4.69, 9.17) is 79.6 Å². The first-order chi connectivity index (χ1) is 20.9. The van der Waals surface area contributed by atoms with E-state index in [0.29, 0.717) is 10.0 Å². The zero-order valence-corrected chi connectivity index (χ0v) is 27.1. The summed E-state index contributed by atoms with van der Waals surface area (Å²) in [7, 11) is 0. The Kier molecular flexibility index (Phi) is 8.59. The molecule has 14 heteroatoms. The van der Waals surface area contributed by atoms with Crippen molar-refractivity contribution in [3.63, 3.8) is 0 Å². The van der Waals surface area contributed by atoms with Gasteiger partial charge in [-0.2, -0.15) is 0 Å². The molecule has 2 fully saturated rings. The fourth-order valence-electron chi connectivity index (χ4n) is 6.31. The van der Waals surface area contributed by atoms with Crippen LogP contribution in [0.3, 0.4) is 0 Å². The molecule has 2 bridgehead atoms. The summed E-state index contributed by atoms with van der Waals surface area (Å²) in [6.07, 6.45) is 0. The van der Waals surface area contributed by atoms with Gasteiger partial charge in [-0.15, -0.1) is 0 Å². The van der Waals surface area contributed by atoms with Crippen LogP contribution < -0.4 is 9.47 Å². The molecule has 10 nitrogen and oxygen atoms in total. The summed E-state index contributed by atoms with van der Waals surface area (Å²) >= 11 is 26.7. The van der Waals surface area contributed by atoms with Crippen molar-refractivity contribution < 1.29 is 47.5 Å². The number of rotatable bonds is 12. The second-order valence-electron chi connectivity index (χ2n) is 9.83. The highest BCUT2D eigenvalue weighted by Crippen LogP contribution is 2.93. The molecular weight excluding hydrogens is 662 g/mol. The number of halogens is 4. The van der Waals surface area contributed by atoms with Crippen LogP contribution in [0.5, 0.6) is 11.5 Å². The summed E-state index contributed by atoms with van der Waals surface area (Å²) in [5.41, 5.74) is -5.43. The number of benzene rings is 2. The van der Waals surface area contributed by atoms with Gasteiger partial charge in [0.05, 0.1) is 24.9 Å². The molecule has 1 saturated carbocycles. The first kappa shape index (κ1) is 32.7. The normalized spacial score (nSPS) is 31.3. The lowest BCUT2D eigenvalue weighted by Crippen LogP contribution is -2.56. The van der Waals surface area contributed by atoms with Gasteiger partial charge in [0.1, 0.15) is 17.1 Å². The maximum Gasteiger partial charge on any atom is 0.342 e. The molecule has 0 amide bonds. The molecule has 3 aliphatic rings. The van der Waals surface area contributed by atoms with Crippen LogP contribution in [0.2, 0.25) is 10.0 Å². The van der Waals surface area contributed by atoms with E-state index in [-0.39, 0.29) is 37.9 Å². The lowest BCUT2D eigenvalue weighted by atomic mass is 9.75. The average Bonchev–Trinajstić information content (AvgIpc) is 3.26. The third-order valence-electron chi connectivity index (χ3n) is 7.71. The zero-order chi connectivity index (χ0) is 32.1. The van der Waals surface area contributed by atoms with Crippen LogP contribution in [0.1, 0.15) is 27.7 Å². The smallest absolute Gasteiger partial charge is 0.342 e. The summed E-state index contributed by atoms with van der Waals surface area (Å²) in [5.74, 6) is -8.14. The largest absolute Gasteiger partial charge is 0.469 e. The van der Waals surface area contributed by atoms with Gasteiger partial charge in [0.25, 0.3) is 5.79 Å². The molecule has 2 aliphatic heterocycles. The predicted octanol–water partition coefficient (Wildman–Crippen LogP) is 6.03. The van der Waals surface area contributed by atoms with Crippen molar-refractivity contribution in [2.75, 3.05) is 26.4 Å². The van der Waals surface area contributed by atoms with Gasteiger partial charge in [-0.05, 0) is 76.2 Å². The molecule has 0 unspecified atom stereocenters. The second kappa shape index (κ2) is 11.6. The summed E-state index contributed by atoms with van der Waals surface area (Å²) in [4.78, 5) is 42.7. The third-order valence-corrected chi connectivity index (χ3v) is 9.30. The number of fused-ring (bicyclic) bond motifs is 5. The number of hydrogen-bond acceptors (Lipinski definition) is 10. The molecule has 1 aliphatic carbocycles. The molecule has 5 rings (SSSR count). The SMILES string of the molecule is CCOC(=O)C1=C(Cl)[C@]2(OCC)O[C@@]1(Oc1ccc(Cl)cc1)[C@@]1(C(=O)OCC)[C@@](Cl)(Oc3ccc(Cl)cc3)[C@@]21C(=O)OCC. The maximum absolute atomic E-state index is 14.5. The van der Waals surface area contributed by atoms with Gasteiger partial charge in [-0.1, -0.05) is 46.4 Å². The molecular formula is C30H28Cl4O10. The lowest BCUT2D eigenvalue weighted by Gasteiger charge is -2.38. The van der Waals surface area contributed by atoms with Crippen molar-refractivity contribution in [1.29, 1.82) is 0 Å². The Morgan fingerprint density at radius 3 is 1.57 bits per heavy atom. The molecule has 0 radical (unpaired) electrons. The summed E-state index contributed by atoms with van der Waals surface area (Å²) in [6.45, 7) is 5.72. The molecule has 44 heavy (non-hydrogen) atoms. The van der Waals surface area contributed by atoms with Crippen molar-refractivity contribution in [3.8, 4) is 11.5 Å². The highest BCUT2D eigenvalue weighted by Gasteiger charge is 3.17. The molecule has 1 saturated heterocycles. The Hall–Kier alpha value is -2.73. The topological polar surface area (TPSA) is 116 Å². The molecule has 0 aromatic heterocycles. The van der Waals surface area contributed by atoms with E-state index in [2.05, 4.69) is 0 Å². The summed E-state index contributed by atoms with van der Waals surface area (Å²) in [5, 5.41) is -2.16. The number of carbonyl (C=O) groups excluding carboxylic acids is 3. The lowest BCUT2D eigenvalue weighted by molar-refractivity contribution is -0.292. The quantitative estimate of drug-likeness (QED) is 0.149. The Balaban J connectivity index is 1.91. The van der Waals surface area contributed by atoms with Crippen LogP contribution in [-0.4, -0.2) is 61.0 Å². The molecule has 2 aromatic carbocycles. The third kappa shape index (κ3) is 3.91. The van der Waals surface area contributed by atoms with E-state index in [9.17, 15) is 14.4 Å². The molecule has 236 valence electrons. The van der Waals surface area contributed by atoms with E-state index in [1.165, 1.54) is 48.5 Å². The molecule has 2 aromatic rings. The Morgan fingerprint density at radius 2 is 1.11 bits per heavy atom. The first-order valence-corrected chi connectivity index (χ1v) is 15.3. The zero-order valence-electron chi connectivity index (χ0n) is 24.0. The van der Waals surface area contributed by atoms with E-state index in [1.54, 1.807) is 27.7 Å². The molecule has 0 spiro atoms. The van der Waals surface area contributed by atoms with Gasteiger partial charge in [0.2, 0.25) is 21.7 Å². The minimum Gasteiger partial charge on any atom is -0.469 e. The van der Waals surface area contributed by atoms with E-state index in [1.807, 2.05) is 0 Å². The standard InChI is InChI=1S/C30H28Cl4O10/c1-5-38-23(35)21-22(33)29(41-8-4)27(25(37)40-7-3)26(24(36)39-6-2,30(27,34)43-20-15-11-18(32)12-16-20)28(21,44-29)42-19-13-9-17(31)10-14-19/h9-16H,5-8H2,1-4H3/t26-,27+,28+,29-,30+/m0/s1. The highest BCUT2D eigenvalue weighted by molar-refractivity contribution is 6.39. The van der Waals surface area contributed by atoms with E-state index >= 15 is 0 Å². The highest BCUT2D eigenvalue weighted by atomic mass is 35.5. The molecule has 5 atom stereocenters. The van der Waals surface area contributed by atoms with Gasteiger partial charge >= 0.3 is 17.9 Å². The molecule has 0 N–H and O–H groups in total. The van der Waals surface area contributed by atoms with Crippen molar-refractivity contribution in [2.24, 2.45) is 10.8 Å². The van der Waals surface area contributed by atoms with Crippen molar-refractivity contribution >= 4 is 64.3 Å². The first-order valence-electron chi connectivity index (χ1n) is 13.8. The van der Waals surface area contributed by atoms with Crippen LogP contribution >= 0.6 is 46.4 Å². The van der Waals surface area contributed by atoms with Gasteiger partial charge in [0.15, 0.2) is 0 Å². The van der Waals surface area contributed by atoms with E-state index < -0.39 is 56.0 Å². The second-order valence-corrected chi connectivity index (χ2v) is 11.6. The Bertz CT molecular complexity index is 1510. The number of alkyl halides is 1. The maximum atomic E-state index is 14.5. The molecule has 2 heterocycles.